The Kier molecular flexibility index (Phi) is 7.96. The van der Waals surface area contributed by atoms with Crippen LogP contribution in [0, 0.1) is 0 Å². The Hall–Kier alpha value is -1.44. The van der Waals surface area contributed by atoms with Crippen molar-refractivity contribution in [1.29, 1.82) is 0 Å². The first-order valence-corrected chi connectivity index (χ1v) is 25.6. The molecule has 0 spiro atoms. The van der Waals surface area contributed by atoms with E-state index in [4.69, 9.17) is 0 Å². The zero-order valence-corrected chi connectivity index (χ0v) is 22.0. The zero-order valence-electron chi connectivity index (χ0n) is 16.4. The van der Waals surface area contributed by atoms with Crippen molar-refractivity contribution in [3.63, 3.8) is 0 Å². The Labute approximate surface area is 185 Å². The third-order valence-electron chi connectivity index (χ3n) is 4.70. The monoisotopic (exact) mass is 562 g/mol. The van der Waals surface area contributed by atoms with Gasteiger partial charge in [0.2, 0.25) is 0 Å². The average Bonchev–Trinajstić information content (AvgIpc) is 2.84. The van der Waals surface area contributed by atoms with Crippen LogP contribution < -0.4 is 13.1 Å². The summed E-state index contributed by atoms with van der Waals surface area (Å²) >= 11 is -2.54. The molecular weight excluding hydrogens is 537 g/mol. The van der Waals surface area contributed by atoms with Crippen LogP contribution in [-0.4, -0.2) is 35.7 Å². The zero-order chi connectivity index (χ0) is 19.7. The molecule has 0 saturated carbocycles. The molecule has 0 nitrogen and oxygen atoms in total. The number of hydrogen-bond donors (Lipinski definition) is 0. The van der Waals surface area contributed by atoms with E-state index in [2.05, 4.69) is 126 Å². The second kappa shape index (κ2) is 11.1. The molecule has 0 aliphatic carbocycles. The van der Waals surface area contributed by atoms with Crippen LogP contribution in [0.1, 0.15) is 6.42 Å². The molecule has 0 saturated heterocycles. The van der Waals surface area contributed by atoms with Gasteiger partial charge in [-0.05, 0) is 0 Å². The van der Waals surface area contributed by atoms with Crippen LogP contribution in [0.3, 0.4) is 0 Å². The predicted molar refractivity (Wildman–Crippen MR) is 132 cm³/mol. The first-order chi connectivity index (χ1) is 14.4. The van der Waals surface area contributed by atoms with E-state index in [9.17, 15) is 0 Å². The Morgan fingerprint density at radius 3 is 1.72 bits per heavy atom. The molecule has 4 rings (SSSR count). The first kappa shape index (κ1) is 20.8. The van der Waals surface area contributed by atoms with Gasteiger partial charge in [0, 0.05) is 0 Å². The van der Waals surface area contributed by atoms with Crippen molar-refractivity contribution in [2.45, 2.75) is 11.6 Å². The van der Waals surface area contributed by atoms with Gasteiger partial charge in [0.05, 0.1) is 0 Å². The van der Waals surface area contributed by atoms with Gasteiger partial charge in [-0.15, -0.1) is 0 Å². The summed E-state index contributed by atoms with van der Waals surface area (Å²) in [5.41, 5.74) is 0. The Morgan fingerprint density at radius 2 is 1.07 bits per heavy atom. The van der Waals surface area contributed by atoms with Crippen LogP contribution in [-0.2, 0) is 0 Å². The first-order valence-electron chi connectivity index (χ1n) is 9.95. The van der Waals surface area contributed by atoms with E-state index in [0.29, 0.717) is 0 Å². The molecule has 3 heteroatoms. The van der Waals surface area contributed by atoms with Crippen molar-refractivity contribution in [2.75, 3.05) is 0 Å². The molecule has 1 aliphatic heterocycles. The van der Waals surface area contributed by atoms with Gasteiger partial charge in [-0.25, -0.2) is 0 Å². The fourth-order valence-corrected chi connectivity index (χ4v) is 69.5. The van der Waals surface area contributed by atoms with Gasteiger partial charge in [0.15, 0.2) is 0 Å². The Balaban J connectivity index is 1.88. The summed E-state index contributed by atoms with van der Waals surface area (Å²) in [6.07, 6.45) is 12.6. The van der Waals surface area contributed by atoms with Gasteiger partial charge >= 0.3 is 187 Å². The average molecular weight is 562 g/mol. The molecule has 0 radical (unpaired) electrons. The summed E-state index contributed by atoms with van der Waals surface area (Å²) in [6.45, 7) is 0. The standard InChI is InChI=1S/C26H25As3/c1-2-4-15-23-28(25-18-10-6-11-19-25)29(26-20-12-7-13-21-26)27(22-14-3-1)24-16-8-5-9-17-24/h1-14,16-22H,15,23H2/b3-1-,4-2-,22-14+. The van der Waals surface area contributed by atoms with Crippen molar-refractivity contribution in [2.24, 2.45) is 0 Å². The van der Waals surface area contributed by atoms with Crippen LogP contribution in [0.2, 0.25) is 5.21 Å². The van der Waals surface area contributed by atoms with Gasteiger partial charge in [-0.3, -0.25) is 0 Å². The molecule has 0 aromatic heterocycles. The second-order valence-corrected chi connectivity index (χ2v) is 42.3. The Morgan fingerprint density at radius 1 is 0.517 bits per heavy atom. The number of rotatable bonds is 3. The number of allylic oxidation sites excluding steroid dienone is 5. The van der Waals surface area contributed by atoms with Gasteiger partial charge in [-0.1, -0.05) is 0 Å². The molecule has 3 unspecified atom stereocenters. The molecule has 0 amide bonds. The maximum atomic E-state index is 2.63. The van der Waals surface area contributed by atoms with Crippen molar-refractivity contribution in [1.82, 2.24) is 0 Å². The van der Waals surface area contributed by atoms with Gasteiger partial charge < -0.3 is 0 Å². The molecule has 29 heavy (non-hydrogen) atoms. The van der Waals surface area contributed by atoms with Crippen LogP contribution in [0.5, 0.6) is 0 Å². The fourth-order valence-electron chi connectivity index (χ4n) is 3.35. The summed E-state index contributed by atoms with van der Waals surface area (Å²) in [5.74, 6) is 0. The van der Waals surface area contributed by atoms with E-state index in [0.717, 1.165) is 0 Å². The summed E-state index contributed by atoms with van der Waals surface area (Å²) in [6, 6.07) is 34.5. The van der Waals surface area contributed by atoms with Crippen LogP contribution in [0.4, 0.5) is 0 Å². The van der Waals surface area contributed by atoms with Gasteiger partial charge in [0.25, 0.3) is 0 Å². The van der Waals surface area contributed by atoms with Gasteiger partial charge in [-0.2, -0.15) is 0 Å². The summed E-state index contributed by atoms with van der Waals surface area (Å²) in [4.78, 5) is 2.63. The molecule has 144 valence electrons. The van der Waals surface area contributed by atoms with E-state index < -0.39 is 35.7 Å². The quantitative estimate of drug-likeness (QED) is 0.425. The molecule has 0 N–H and O–H groups in total. The topological polar surface area (TPSA) is 0 Å². The molecule has 3 atom stereocenters. The van der Waals surface area contributed by atoms with E-state index in [1.165, 1.54) is 11.6 Å². The van der Waals surface area contributed by atoms with Crippen molar-refractivity contribution >= 4 is 48.7 Å². The van der Waals surface area contributed by atoms with E-state index in [1.54, 1.807) is 13.1 Å². The third-order valence-corrected chi connectivity index (χ3v) is 60.4. The molecule has 3 aromatic carbocycles. The molecular formula is C26H25As3. The van der Waals surface area contributed by atoms with Crippen molar-refractivity contribution < 1.29 is 0 Å². The molecule has 3 aromatic rings. The minimum absolute atomic E-state index is 1.20. The summed E-state index contributed by atoms with van der Waals surface area (Å²) < 4.78 is 4.98. The SMILES string of the molecule is C1=C\C=C\[As](c2ccccc2)[As](c2ccccc2)[As](c2ccccc2)CC\C=C/1. The van der Waals surface area contributed by atoms with Crippen molar-refractivity contribution in [3.05, 3.63) is 126 Å². The number of hydrogen-bond acceptors (Lipinski definition) is 0. The van der Waals surface area contributed by atoms with E-state index in [-0.39, 0.29) is 0 Å². The minimum atomic E-state index is -1.33. The third kappa shape index (κ3) is 5.58. The van der Waals surface area contributed by atoms with E-state index in [1.807, 2.05) is 0 Å². The normalized spacial score (nSPS) is 25.4. The van der Waals surface area contributed by atoms with Crippen molar-refractivity contribution in [3.8, 4) is 0 Å². The van der Waals surface area contributed by atoms with E-state index >= 15 is 0 Å². The maximum absolute atomic E-state index is 2.63. The van der Waals surface area contributed by atoms with Gasteiger partial charge in [0.1, 0.15) is 0 Å². The van der Waals surface area contributed by atoms with Crippen LogP contribution in [0.25, 0.3) is 0 Å². The molecule has 1 aliphatic rings. The number of benzene rings is 3. The van der Waals surface area contributed by atoms with Crippen LogP contribution in [0.15, 0.2) is 126 Å². The molecule has 1 heterocycles. The summed E-state index contributed by atoms with van der Waals surface area (Å²) in [7, 11) is -1.27. The fraction of sp³-hybridized carbons (Fsp3) is 0.0769. The predicted octanol–water partition coefficient (Wildman–Crippen LogP) is 3.96. The molecule has 0 bridgehead atoms. The second-order valence-electron chi connectivity index (χ2n) is 6.71. The summed E-state index contributed by atoms with van der Waals surface area (Å²) in [5, 5.41) is 1.38. The van der Waals surface area contributed by atoms with Crippen LogP contribution >= 0.6 is 0 Å². The molecule has 0 fully saturated rings. The Bertz CT molecular complexity index is 963.